The minimum atomic E-state index is 0.238. The Morgan fingerprint density at radius 2 is 2.31 bits per heavy atom. The maximum Gasteiger partial charge on any atom is 0.220 e. The molecule has 1 amide bonds. The lowest BCUT2D eigenvalue weighted by atomic mass is 9.94. The van der Waals surface area contributed by atoms with Crippen molar-refractivity contribution in [1.82, 2.24) is 10.6 Å². The Morgan fingerprint density at radius 1 is 1.44 bits per heavy atom. The second kappa shape index (κ2) is 8.57. The number of hydrogen-bond donors (Lipinski definition) is 2. The molecule has 94 valence electrons. The van der Waals surface area contributed by atoms with E-state index in [9.17, 15) is 4.79 Å². The van der Waals surface area contributed by atoms with Crippen molar-refractivity contribution in [1.29, 1.82) is 0 Å². The van der Waals surface area contributed by atoms with Crippen LogP contribution in [0.4, 0.5) is 0 Å². The smallest absolute Gasteiger partial charge is 0.220 e. The Bertz CT molecular complexity index is 188. The first-order chi connectivity index (χ1) is 7.83. The Balaban J connectivity index is 1.96. The van der Waals surface area contributed by atoms with Gasteiger partial charge in [0.15, 0.2) is 0 Å². The molecule has 1 unspecified atom stereocenters. The molecule has 1 saturated heterocycles. The number of unbranched alkanes of at least 4 members (excludes halogenated alkanes) is 2. The van der Waals surface area contributed by atoms with Gasteiger partial charge in [0.25, 0.3) is 0 Å². The molecular formula is C13H26N2O. The van der Waals surface area contributed by atoms with Crippen LogP contribution in [0.1, 0.15) is 51.9 Å². The van der Waals surface area contributed by atoms with Crippen molar-refractivity contribution in [2.75, 3.05) is 19.6 Å². The van der Waals surface area contributed by atoms with Gasteiger partial charge in [0.05, 0.1) is 0 Å². The van der Waals surface area contributed by atoms with Crippen LogP contribution in [0.15, 0.2) is 0 Å². The van der Waals surface area contributed by atoms with Gasteiger partial charge in [-0.25, -0.2) is 0 Å². The lowest BCUT2D eigenvalue weighted by Crippen LogP contribution is -2.31. The first kappa shape index (κ1) is 13.5. The summed E-state index contributed by atoms with van der Waals surface area (Å²) in [6, 6.07) is 0. The predicted molar refractivity (Wildman–Crippen MR) is 67.4 cm³/mol. The summed E-state index contributed by atoms with van der Waals surface area (Å²) >= 11 is 0. The van der Waals surface area contributed by atoms with E-state index in [4.69, 9.17) is 0 Å². The highest BCUT2D eigenvalue weighted by Crippen LogP contribution is 2.15. The highest BCUT2D eigenvalue weighted by molar-refractivity contribution is 5.75. The van der Waals surface area contributed by atoms with Crippen molar-refractivity contribution in [2.45, 2.75) is 51.9 Å². The van der Waals surface area contributed by atoms with Gasteiger partial charge >= 0.3 is 0 Å². The molecule has 2 N–H and O–H groups in total. The quantitative estimate of drug-likeness (QED) is 0.653. The fraction of sp³-hybridized carbons (Fsp3) is 0.923. The van der Waals surface area contributed by atoms with E-state index in [0.29, 0.717) is 6.42 Å². The number of amides is 1. The zero-order valence-corrected chi connectivity index (χ0v) is 10.6. The van der Waals surface area contributed by atoms with Gasteiger partial charge in [0.2, 0.25) is 5.91 Å². The van der Waals surface area contributed by atoms with Crippen LogP contribution in [-0.2, 0) is 4.79 Å². The summed E-state index contributed by atoms with van der Waals surface area (Å²) in [6.07, 6.45) is 7.85. The summed E-state index contributed by atoms with van der Waals surface area (Å²) in [7, 11) is 0. The molecule has 16 heavy (non-hydrogen) atoms. The second-order valence-corrected chi connectivity index (χ2v) is 4.81. The molecule has 1 fully saturated rings. The highest BCUT2D eigenvalue weighted by Gasteiger charge is 2.13. The van der Waals surface area contributed by atoms with Gasteiger partial charge < -0.3 is 10.6 Å². The monoisotopic (exact) mass is 226 g/mol. The lowest BCUT2D eigenvalue weighted by molar-refractivity contribution is -0.121. The van der Waals surface area contributed by atoms with Crippen LogP contribution in [0.2, 0.25) is 0 Å². The van der Waals surface area contributed by atoms with E-state index < -0.39 is 0 Å². The molecule has 0 aliphatic carbocycles. The number of piperidine rings is 1. The summed E-state index contributed by atoms with van der Waals surface area (Å²) in [5.41, 5.74) is 0. The van der Waals surface area contributed by atoms with Gasteiger partial charge in [-0.15, -0.1) is 0 Å². The fourth-order valence-electron chi connectivity index (χ4n) is 2.20. The molecule has 0 aromatic rings. The number of nitrogens with one attached hydrogen (secondary N) is 2. The standard InChI is InChI=1S/C13H26N2O/c1-2-3-4-10-15-13(16)8-7-12-6-5-9-14-11-12/h12,14H,2-11H2,1H3,(H,15,16). The average molecular weight is 226 g/mol. The van der Waals surface area contributed by atoms with Crippen LogP contribution in [0.25, 0.3) is 0 Å². The molecule has 0 saturated carbocycles. The van der Waals surface area contributed by atoms with E-state index in [1.807, 2.05) is 0 Å². The Kier molecular flexibility index (Phi) is 7.23. The third kappa shape index (κ3) is 6.11. The van der Waals surface area contributed by atoms with Gasteiger partial charge in [0, 0.05) is 13.0 Å². The number of rotatable bonds is 7. The van der Waals surface area contributed by atoms with Crippen LogP contribution < -0.4 is 10.6 Å². The number of hydrogen-bond acceptors (Lipinski definition) is 2. The van der Waals surface area contributed by atoms with Crippen molar-refractivity contribution in [3.63, 3.8) is 0 Å². The topological polar surface area (TPSA) is 41.1 Å². The normalized spacial score (nSPS) is 20.7. The second-order valence-electron chi connectivity index (χ2n) is 4.81. The van der Waals surface area contributed by atoms with Crippen LogP contribution in [0.5, 0.6) is 0 Å². The lowest BCUT2D eigenvalue weighted by Gasteiger charge is -2.22. The summed E-state index contributed by atoms with van der Waals surface area (Å²) in [5, 5.41) is 6.38. The summed E-state index contributed by atoms with van der Waals surface area (Å²) in [5.74, 6) is 0.955. The van der Waals surface area contributed by atoms with Crippen LogP contribution in [0.3, 0.4) is 0 Å². The summed E-state index contributed by atoms with van der Waals surface area (Å²) < 4.78 is 0. The third-order valence-electron chi connectivity index (χ3n) is 3.28. The Labute approximate surface area is 99.4 Å². The molecule has 0 bridgehead atoms. The van der Waals surface area contributed by atoms with Crippen molar-refractivity contribution in [3.05, 3.63) is 0 Å². The zero-order chi connectivity index (χ0) is 11.6. The number of carbonyl (C=O) groups is 1. The molecule has 3 nitrogen and oxygen atoms in total. The molecule has 0 aromatic heterocycles. The van der Waals surface area contributed by atoms with E-state index >= 15 is 0 Å². The van der Waals surface area contributed by atoms with Gasteiger partial charge in [-0.1, -0.05) is 19.8 Å². The minimum Gasteiger partial charge on any atom is -0.356 e. The van der Waals surface area contributed by atoms with Crippen LogP contribution in [0, 0.1) is 5.92 Å². The maximum absolute atomic E-state index is 11.5. The molecule has 1 aliphatic heterocycles. The first-order valence-corrected chi connectivity index (χ1v) is 6.80. The zero-order valence-electron chi connectivity index (χ0n) is 10.6. The van der Waals surface area contributed by atoms with E-state index in [0.717, 1.165) is 38.4 Å². The predicted octanol–water partition coefficient (Wildman–Crippen LogP) is 2.07. The molecule has 1 heterocycles. The molecule has 0 spiro atoms. The SMILES string of the molecule is CCCCCNC(=O)CCC1CCCNC1. The largest absolute Gasteiger partial charge is 0.356 e. The fourth-order valence-corrected chi connectivity index (χ4v) is 2.20. The molecule has 0 aromatic carbocycles. The molecule has 1 rings (SSSR count). The van der Waals surface area contributed by atoms with Crippen molar-refractivity contribution < 1.29 is 4.79 Å². The Morgan fingerprint density at radius 3 is 3.00 bits per heavy atom. The van der Waals surface area contributed by atoms with Crippen molar-refractivity contribution in [3.8, 4) is 0 Å². The van der Waals surface area contributed by atoms with Crippen LogP contribution in [-0.4, -0.2) is 25.5 Å². The third-order valence-corrected chi connectivity index (χ3v) is 3.28. The molecular weight excluding hydrogens is 200 g/mol. The number of carbonyl (C=O) groups excluding carboxylic acids is 1. The maximum atomic E-state index is 11.5. The minimum absolute atomic E-state index is 0.238. The van der Waals surface area contributed by atoms with Crippen LogP contribution >= 0.6 is 0 Å². The molecule has 1 aliphatic rings. The van der Waals surface area contributed by atoms with Crippen molar-refractivity contribution >= 4 is 5.91 Å². The summed E-state index contributed by atoms with van der Waals surface area (Å²) in [6.45, 7) is 5.29. The van der Waals surface area contributed by atoms with Gasteiger partial charge in [-0.3, -0.25) is 4.79 Å². The summed E-state index contributed by atoms with van der Waals surface area (Å²) in [4.78, 5) is 11.5. The Hall–Kier alpha value is -0.570. The van der Waals surface area contributed by atoms with Gasteiger partial charge in [-0.05, 0) is 44.7 Å². The van der Waals surface area contributed by atoms with E-state index in [1.165, 1.54) is 25.7 Å². The highest BCUT2D eigenvalue weighted by atomic mass is 16.1. The van der Waals surface area contributed by atoms with E-state index in [1.54, 1.807) is 0 Å². The molecule has 0 radical (unpaired) electrons. The van der Waals surface area contributed by atoms with Crippen molar-refractivity contribution in [2.24, 2.45) is 5.92 Å². The average Bonchev–Trinajstić information content (AvgIpc) is 2.33. The molecule has 3 heteroatoms. The van der Waals surface area contributed by atoms with Gasteiger partial charge in [0.1, 0.15) is 0 Å². The van der Waals surface area contributed by atoms with E-state index in [2.05, 4.69) is 17.6 Å². The first-order valence-electron chi connectivity index (χ1n) is 6.80. The van der Waals surface area contributed by atoms with Gasteiger partial charge in [-0.2, -0.15) is 0 Å². The van der Waals surface area contributed by atoms with E-state index in [-0.39, 0.29) is 5.91 Å². The molecule has 1 atom stereocenters.